The molecule has 0 saturated carbocycles. The van der Waals surface area contributed by atoms with Crippen molar-refractivity contribution in [1.29, 1.82) is 0 Å². The summed E-state index contributed by atoms with van der Waals surface area (Å²) in [6.45, 7) is 0. The summed E-state index contributed by atoms with van der Waals surface area (Å²) in [6.07, 6.45) is 0. The lowest BCUT2D eigenvalue weighted by Gasteiger charge is -2.09. The lowest BCUT2D eigenvalue weighted by atomic mass is 10.1. The van der Waals surface area contributed by atoms with Gasteiger partial charge in [0.1, 0.15) is 0 Å². The molecule has 0 fully saturated rings. The number of hydrogen-bond donors (Lipinski definition) is 1. The first-order chi connectivity index (χ1) is 6.15. The molecule has 0 N–H and O–H groups in total. The van der Waals surface area contributed by atoms with E-state index in [9.17, 15) is 4.79 Å². The van der Waals surface area contributed by atoms with Crippen molar-refractivity contribution in [3.8, 4) is 0 Å². The second kappa shape index (κ2) is 4.33. The first kappa shape index (κ1) is 10.1. The van der Waals surface area contributed by atoms with E-state index in [2.05, 4.69) is 12.6 Å². The highest BCUT2D eigenvalue weighted by Gasteiger charge is 2.06. The molecule has 1 rings (SSSR count). The fourth-order valence-corrected chi connectivity index (χ4v) is 1.22. The number of carbonyl (C=O) groups excluding carboxylic acids is 1. The third kappa shape index (κ3) is 2.49. The van der Waals surface area contributed by atoms with E-state index < -0.39 is 0 Å². The Labute approximate surface area is 84.0 Å². The molecule has 0 unspecified atom stereocenters. The van der Waals surface area contributed by atoms with Crippen molar-refractivity contribution in [1.82, 2.24) is 4.90 Å². The molecule has 0 heterocycles. The van der Waals surface area contributed by atoms with Crippen LogP contribution in [-0.4, -0.2) is 24.9 Å². The zero-order valence-electron chi connectivity index (χ0n) is 7.82. The molecule has 0 atom stereocenters. The van der Waals surface area contributed by atoms with Crippen molar-refractivity contribution in [2.45, 2.75) is 5.75 Å². The topological polar surface area (TPSA) is 20.3 Å². The van der Waals surface area contributed by atoms with E-state index in [0.717, 1.165) is 11.1 Å². The monoisotopic (exact) mass is 195 g/mol. The van der Waals surface area contributed by atoms with Crippen LogP contribution in [0.5, 0.6) is 0 Å². The highest BCUT2D eigenvalue weighted by Crippen LogP contribution is 2.07. The van der Waals surface area contributed by atoms with Crippen molar-refractivity contribution in [3.63, 3.8) is 0 Å². The molecular formula is C10H13NOS. The van der Waals surface area contributed by atoms with Gasteiger partial charge in [-0.15, -0.1) is 0 Å². The Morgan fingerprint density at radius 2 is 1.85 bits per heavy atom. The maximum atomic E-state index is 11.5. The van der Waals surface area contributed by atoms with Gasteiger partial charge < -0.3 is 4.90 Å². The summed E-state index contributed by atoms with van der Waals surface area (Å²) in [7, 11) is 3.49. The minimum atomic E-state index is 0.0331. The second-order valence-corrected chi connectivity index (χ2v) is 3.37. The third-order valence-electron chi connectivity index (χ3n) is 1.79. The standard InChI is InChI=1S/C10H13NOS/c1-11(2)10(12)9-5-3-8(7-13)4-6-9/h3-6,13H,7H2,1-2H3. The van der Waals surface area contributed by atoms with E-state index in [1.54, 1.807) is 19.0 Å². The molecule has 0 bridgehead atoms. The van der Waals surface area contributed by atoms with Crippen molar-refractivity contribution in [2.24, 2.45) is 0 Å². The summed E-state index contributed by atoms with van der Waals surface area (Å²) in [5.74, 6) is 0.738. The maximum Gasteiger partial charge on any atom is 0.253 e. The zero-order valence-corrected chi connectivity index (χ0v) is 8.71. The van der Waals surface area contributed by atoms with Gasteiger partial charge in [-0.2, -0.15) is 12.6 Å². The summed E-state index contributed by atoms with van der Waals surface area (Å²) >= 11 is 4.14. The van der Waals surface area contributed by atoms with Gasteiger partial charge in [0, 0.05) is 25.4 Å². The Morgan fingerprint density at radius 1 is 1.31 bits per heavy atom. The highest BCUT2D eigenvalue weighted by molar-refractivity contribution is 7.79. The summed E-state index contributed by atoms with van der Waals surface area (Å²) in [5, 5.41) is 0. The minimum absolute atomic E-state index is 0.0331. The van der Waals surface area contributed by atoms with Gasteiger partial charge in [0.15, 0.2) is 0 Å². The van der Waals surface area contributed by atoms with Crippen molar-refractivity contribution in [2.75, 3.05) is 14.1 Å². The van der Waals surface area contributed by atoms with Crippen LogP contribution in [0.1, 0.15) is 15.9 Å². The molecule has 0 aliphatic carbocycles. The van der Waals surface area contributed by atoms with E-state index >= 15 is 0 Å². The molecule has 0 radical (unpaired) electrons. The Hall–Kier alpha value is -0.960. The highest BCUT2D eigenvalue weighted by atomic mass is 32.1. The summed E-state index contributed by atoms with van der Waals surface area (Å²) in [6, 6.07) is 7.50. The van der Waals surface area contributed by atoms with Crippen LogP contribution in [0.4, 0.5) is 0 Å². The van der Waals surface area contributed by atoms with Gasteiger partial charge in [0.2, 0.25) is 0 Å². The molecule has 0 spiro atoms. The van der Waals surface area contributed by atoms with Gasteiger partial charge in [-0.25, -0.2) is 0 Å². The predicted octanol–water partition coefficient (Wildman–Crippen LogP) is 1.82. The minimum Gasteiger partial charge on any atom is -0.345 e. The summed E-state index contributed by atoms with van der Waals surface area (Å²) < 4.78 is 0. The van der Waals surface area contributed by atoms with Crippen LogP contribution in [0.2, 0.25) is 0 Å². The Kier molecular flexibility index (Phi) is 3.37. The van der Waals surface area contributed by atoms with Crippen LogP contribution in [0.25, 0.3) is 0 Å². The third-order valence-corrected chi connectivity index (χ3v) is 2.15. The quantitative estimate of drug-likeness (QED) is 0.714. The van der Waals surface area contributed by atoms with Gasteiger partial charge in [-0.05, 0) is 17.7 Å². The molecule has 3 heteroatoms. The SMILES string of the molecule is CN(C)C(=O)c1ccc(CS)cc1. The fraction of sp³-hybridized carbons (Fsp3) is 0.300. The van der Waals surface area contributed by atoms with Gasteiger partial charge in [-0.3, -0.25) is 4.79 Å². The van der Waals surface area contributed by atoms with Gasteiger partial charge in [0.05, 0.1) is 0 Å². The number of benzene rings is 1. The molecule has 13 heavy (non-hydrogen) atoms. The lowest BCUT2D eigenvalue weighted by molar-refractivity contribution is 0.0827. The van der Waals surface area contributed by atoms with E-state index in [-0.39, 0.29) is 5.91 Å². The van der Waals surface area contributed by atoms with E-state index in [1.807, 2.05) is 24.3 Å². The van der Waals surface area contributed by atoms with Crippen molar-refractivity contribution < 1.29 is 4.79 Å². The van der Waals surface area contributed by atoms with Crippen LogP contribution in [0, 0.1) is 0 Å². The number of rotatable bonds is 2. The summed E-state index contributed by atoms with van der Waals surface area (Å²) in [5.41, 5.74) is 1.84. The Morgan fingerprint density at radius 3 is 2.23 bits per heavy atom. The molecule has 1 aromatic carbocycles. The number of thiol groups is 1. The molecule has 0 aromatic heterocycles. The normalized spacial score (nSPS) is 9.77. The predicted molar refractivity (Wildman–Crippen MR) is 57.1 cm³/mol. The Bertz CT molecular complexity index is 292. The maximum absolute atomic E-state index is 11.5. The molecular weight excluding hydrogens is 182 g/mol. The molecule has 2 nitrogen and oxygen atoms in total. The largest absolute Gasteiger partial charge is 0.345 e. The van der Waals surface area contributed by atoms with Crippen LogP contribution >= 0.6 is 12.6 Å². The van der Waals surface area contributed by atoms with Crippen LogP contribution in [-0.2, 0) is 5.75 Å². The van der Waals surface area contributed by atoms with E-state index in [1.165, 1.54) is 0 Å². The molecule has 0 saturated heterocycles. The molecule has 0 aliphatic rings. The number of hydrogen-bond acceptors (Lipinski definition) is 2. The van der Waals surface area contributed by atoms with Gasteiger partial charge in [0.25, 0.3) is 5.91 Å². The number of amides is 1. The average molecular weight is 195 g/mol. The second-order valence-electron chi connectivity index (χ2n) is 3.05. The van der Waals surface area contributed by atoms with Crippen LogP contribution in [0.15, 0.2) is 24.3 Å². The smallest absolute Gasteiger partial charge is 0.253 e. The lowest BCUT2D eigenvalue weighted by Crippen LogP contribution is -2.21. The first-order valence-electron chi connectivity index (χ1n) is 4.06. The van der Waals surface area contributed by atoms with Crippen molar-refractivity contribution in [3.05, 3.63) is 35.4 Å². The fourth-order valence-electron chi connectivity index (χ4n) is 1.01. The van der Waals surface area contributed by atoms with Crippen LogP contribution < -0.4 is 0 Å². The number of carbonyl (C=O) groups is 1. The average Bonchev–Trinajstić information content (AvgIpc) is 2.17. The van der Waals surface area contributed by atoms with Gasteiger partial charge in [-0.1, -0.05) is 12.1 Å². The van der Waals surface area contributed by atoms with Crippen LogP contribution in [0.3, 0.4) is 0 Å². The van der Waals surface area contributed by atoms with E-state index in [0.29, 0.717) is 5.75 Å². The van der Waals surface area contributed by atoms with Crippen molar-refractivity contribution >= 4 is 18.5 Å². The zero-order chi connectivity index (χ0) is 9.84. The Balaban J connectivity index is 2.86. The first-order valence-corrected chi connectivity index (χ1v) is 4.70. The summed E-state index contributed by atoms with van der Waals surface area (Å²) in [4.78, 5) is 13.0. The molecule has 70 valence electrons. The number of nitrogens with zero attached hydrogens (tertiary/aromatic N) is 1. The van der Waals surface area contributed by atoms with Gasteiger partial charge >= 0.3 is 0 Å². The molecule has 1 amide bonds. The van der Waals surface area contributed by atoms with E-state index in [4.69, 9.17) is 0 Å². The molecule has 1 aromatic rings. The molecule has 0 aliphatic heterocycles.